The average Bonchev–Trinajstić information content (AvgIpc) is 3.36. The van der Waals surface area contributed by atoms with Crippen molar-refractivity contribution < 1.29 is 0 Å². The van der Waals surface area contributed by atoms with E-state index < -0.39 is 0 Å². The molecule has 0 spiro atoms. The van der Waals surface area contributed by atoms with Crippen LogP contribution in [0.3, 0.4) is 0 Å². The maximum Gasteiger partial charge on any atom is 0.0159 e. The normalized spacial score (nSPS) is 13.5. The van der Waals surface area contributed by atoms with Crippen molar-refractivity contribution in [2.24, 2.45) is 0 Å². The van der Waals surface area contributed by atoms with Gasteiger partial charge in [0.2, 0.25) is 0 Å². The fraction of sp³-hybridized carbons (Fsp3) is 0.0638. The molecule has 1 aliphatic carbocycles. The van der Waals surface area contributed by atoms with Crippen LogP contribution in [-0.2, 0) is 5.41 Å². The Balaban J connectivity index is 1.32. The van der Waals surface area contributed by atoms with Crippen LogP contribution in [0.5, 0.6) is 0 Å². The van der Waals surface area contributed by atoms with Gasteiger partial charge in [-0.1, -0.05) is 159 Å². The predicted octanol–water partition coefficient (Wildman–Crippen LogP) is 13.1. The summed E-state index contributed by atoms with van der Waals surface area (Å²) in [5.74, 6) is 0. The van der Waals surface area contributed by atoms with E-state index in [1.165, 1.54) is 98.4 Å². The molecule has 0 bridgehead atoms. The SMILES string of the molecule is CC1(C)c2cccc3cc(-c4c5ccccc5c(-c5ccc6cccc(-c7ccccc7)c6c5)c5ccccc45)c4cccc1c4c23. The van der Waals surface area contributed by atoms with E-state index in [0.29, 0.717) is 0 Å². The van der Waals surface area contributed by atoms with Gasteiger partial charge in [-0.3, -0.25) is 0 Å². The van der Waals surface area contributed by atoms with E-state index in [-0.39, 0.29) is 5.41 Å². The van der Waals surface area contributed by atoms with Crippen LogP contribution >= 0.6 is 0 Å². The molecular weight excluding hydrogens is 565 g/mol. The first-order valence-corrected chi connectivity index (χ1v) is 16.6. The van der Waals surface area contributed by atoms with Gasteiger partial charge in [-0.2, -0.15) is 0 Å². The lowest BCUT2D eigenvalue weighted by Crippen LogP contribution is -2.14. The van der Waals surface area contributed by atoms with Crippen LogP contribution in [0.2, 0.25) is 0 Å². The van der Waals surface area contributed by atoms with Crippen LogP contribution < -0.4 is 0 Å². The summed E-state index contributed by atoms with van der Waals surface area (Å²) in [6, 6.07) is 58.8. The Bertz CT molecular complexity index is 2690. The van der Waals surface area contributed by atoms with Gasteiger partial charge in [0.25, 0.3) is 0 Å². The summed E-state index contributed by atoms with van der Waals surface area (Å²) >= 11 is 0. The minimum Gasteiger partial charge on any atom is -0.0622 e. The first-order valence-electron chi connectivity index (χ1n) is 16.6. The molecule has 0 unspecified atom stereocenters. The van der Waals surface area contributed by atoms with E-state index in [1.807, 2.05) is 0 Å². The molecule has 0 fully saturated rings. The first kappa shape index (κ1) is 26.5. The molecule has 9 aromatic carbocycles. The van der Waals surface area contributed by atoms with Crippen LogP contribution in [0.4, 0.5) is 0 Å². The quantitative estimate of drug-likeness (QED) is 0.141. The summed E-state index contributed by atoms with van der Waals surface area (Å²) in [6.45, 7) is 4.76. The summed E-state index contributed by atoms with van der Waals surface area (Å²) < 4.78 is 0. The summed E-state index contributed by atoms with van der Waals surface area (Å²) in [4.78, 5) is 0. The summed E-state index contributed by atoms with van der Waals surface area (Å²) in [5, 5.41) is 13.2. The van der Waals surface area contributed by atoms with E-state index in [9.17, 15) is 0 Å². The van der Waals surface area contributed by atoms with Crippen molar-refractivity contribution in [3.05, 3.63) is 169 Å². The summed E-state index contributed by atoms with van der Waals surface area (Å²) in [6.07, 6.45) is 0. The van der Waals surface area contributed by atoms with E-state index in [1.54, 1.807) is 0 Å². The molecule has 220 valence electrons. The molecule has 0 atom stereocenters. The first-order chi connectivity index (χ1) is 23.1. The molecule has 10 rings (SSSR count). The lowest BCUT2D eigenvalue weighted by Gasteiger charge is -2.21. The van der Waals surface area contributed by atoms with Crippen molar-refractivity contribution in [3.8, 4) is 33.4 Å². The second kappa shape index (κ2) is 9.64. The van der Waals surface area contributed by atoms with Crippen LogP contribution in [0.1, 0.15) is 25.0 Å². The molecule has 0 heterocycles. The molecule has 0 saturated heterocycles. The highest BCUT2D eigenvalue weighted by atomic mass is 14.4. The minimum atomic E-state index is -0.0251. The number of rotatable bonds is 3. The minimum absolute atomic E-state index is 0.0251. The fourth-order valence-electron chi connectivity index (χ4n) is 8.67. The van der Waals surface area contributed by atoms with Crippen molar-refractivity contribution in [3.63, 3.8) is 0 Å². The summed E-state index contributed by atoms with van der Waals surface area (Å²) in [5.41, 5.74) is 10.5. The highest BCUT2D eigenvalue weighted by Crippen LogP contribution is 2.53. The molecule has 0 N–H and O–H groups in total. The van der Waals surface area contributed by atoms with E-state index in [0.717, 1.165) is 0 Å². The van der Waals surface area contributed by atoms with Gasteiger partial charge in [-0.05, 0) is 111 Å². The standard InChI is InChI=1S/C47H32/c1-47(2)41-23-11-16-31-28-40(38-22-12-24-42(47)46(38)44(31)41)45-36-19-8-6-17-34(36)43(35-18-7-9-20-37(35)45)32-26-25-30-15-10-21-33(39(30)27-32)29-13-4-3-5-14-29/h3-28H,1-2H3. The molecule has 47 heavy (non-hydrogen) atoms. The van der Waals surface area contributed by atoms with Gasteiger partial charge >= 0.3 is 0 Å². The molecular formula is C47H32. The third kappa shape index (κ3) is 3.64. The van der Waals surface area contributed by atoms with Crippen LogP contribution in [0.25, 0.3) is 87.2 Å². The van der Waals surface area contributed by atoms with Crippen LogP contribution in [0.15, 0.2) is 158 Å². The van der Waals surface area contributed by atoms with Gasteiger partial charge in [0.15, 0.2) is 0 Å². The maximum absolute atomic E-state index is 2.46. The van der Waals surface area contributed by atoms with Gasteiger partial charge in [-0.25, -0.2) is 0 Å². The topological polar surface area (TPSA) is 0 Å². The fourth-order valence-corrected chi connectivity index (χ4v) is 8.67. The second-order valence-corrected chi connectivity index (χ2v) is 13.6. The Hall–Kier alpha value is -5.72. The van der Waals surface area contributed by atoms with E-state index in [2.05, 4.69) is 172 Å². The molecule has 0 saturated carbocycles. The summed E-state index contributed by atoms with van der Waals surface area (Å²) in [7, 11) is 0. The zero-order valence-electron chi connectivity index (χ0n) is 26.5. The molecule has 1 aliphatic rings. The Kier molecular flexibility index (Phi) is 5.44. The highest BCUT2D eigenvalue weighted by Gasteiger charge is 2.34. The second-order valence-electron chi connectivity index (χ2n) is 13.6. The smallest absolute Gasteiger partial charge is 0.0159 e. The monoisotopic (exact) mass is 596 g/mol. The highest BCUT2D eigenvalue weighted by molar-refractivity contribution is 6.27. The molecule has 0 nitrogen and oxygen atoms in total. The largest absolute Gasteiger partial charge is 0.0622 e. The van der Waals surface area contributed by atoms with Crippen LogP contribution in [0, 0.1) is 0 Å². The molecule has 0 radical (unpaired) electrons. The molecule has 9 aromatic rings. The number of fused-ring (bicyclic) bond motifs is 3. The van der Waals surface area contributed by atoms with Crippen molar-refractivity contribution in [2.75, 3.05) is 0 Å². The number of hydrogen-bond acceptors (Lipinski definition) is 0. The molecule has 0 amide bonds. The van der Waals surface area contributed by atoms with Gasteiger partial charge in [0, 0.05) is 5.41 Å². The number of hydrogen-bond donors (Lipinski definition) is 0. The zero-order valence-corrected chi connectivity index (χ0v) is 26.5. The lowest BCUT2D eigenvalue weighted by molar-refractivity contribution is 0.663. The van der Waals surface area contributed by atoms with Gasteiger partial charge < -0.3 is 0 Å². The Morgan fingerprint density at radius 3 is 1.64 bits per heavy atom. The average molecular weight is 597 g/mol. The molecule has 0 heteroatoms. The van der Waals surface area contributed by atoms with E-state index in [4.69, 9.17) is 0 Å². The van der Waals surface area contributed by atoms with E-state index >= 15 is 0 Å². The van der Waals surface area contributed by atoms with Gasteiger partial charge in [-0.15, -0.1) is 0 Å². The maximum atomic E-state index is 2.46. The van der Waals surface area contributed by atoms with Crippen molar-refractivity contribution in [1.82, 2.24) is 0 Å². The zero-order chi connectivity index (χ0) is 31.3. The third-order valence-electron chi connectivity index (χ3n) is 10.8. The number of benzene rings is 9. The van der Waals surface area contributed by atoms with Gasteiger partial charge in [0.05, 0.1) is 0 Å². The van der Waals surface area contributed by atoms with Crippen molar-refractivity contribution >= 4 is 53.9 Å². The molecule has 0 aromatic heterocycles. The van der Waals surface area contributed by atoms with Crippen molar-refractivity contribution in [2.45, 2.75) is 19.3 Å². The Morgan fingerprint density at radius 1 is 0.340 bits per heavy atom. The van der Waals surface area contributed by atoms with Crippen molar-refractivity contribution in [1.29, 1.82) is 0 Å². The third-order valence-corrected chi connectivity index (χ3v) is 10.8. The Labute approximate surface area is 274 Å². The van der Waals surface area contributed by atoms with Gasteiger partial charge in [0.1, 0.15) is 0 Å². The predicted molar refractivity (Wildman–Crippen MR) is 202 cm³/mol. The Morgan fingerprint density at radius 2 is 0.915 bits per heavy atom. The lowest BCUT2D eigenvalue weighted by atomic mass is 9.81. The van der Waals surface area contributed by atoms with Crippen LogP contribution in [-0.4, -0.2) is 0 Å². The molecule has 0 aliphatic heterocycles.